The number of halogens is 1. The molecule has 0 atom stereocenters. The molecule has 0 bridgehead atoms. The van der Waals surface area contributed by atoms with Crippen molar-refractivity contribution in [1.29, 1.82) is 5.26 Å². The average molecular weight is 454 g/mol. The zero-order chi connectivity index (χ0) is 22.4. The highest BCUT2D eigenvalue weighted by Crippen LogP contribution is 2.30. The number of nitrogens with two attached hydrogens (primary N) is 1. The lowest BCUT2D eigenvalue weighted by molar-refractivity contribution is -0.112. The van der Waals surface area contributed by atoms with Crippen molar-refractivity contribution in [2.24, 2.45) is 5.73 Å². The second-order valence-electron chi connectivity index (χ2n) is 6.46. The van der Waals surface area contributed by atoms with Crippen molar-refractivity contribution in [1.82, 2.24) is 14.8 Å². The van der Waals surface area contributed by atoms with E-state index in [0.717, 1.165) is 17.0 Å². The van der Waals surface area contributed by atoms with Crippen molar-refractivity contribution in [3.8, 4) is 28.9 Å². The number of nitriles is 1. The zero-order valence-corrected chi connectivity index (χ0v) is 18.6. The van der Waals surface area contributed by atoms with E-state index in [1.807, 2.05) is 54.0 Å². The maximum Gasteiger partial charge on any atom is 0.196 e. The largest absolute Gasteiger partial charge is 0.494 e. The third-order valence-corrected chi connectivity index (χ3v) is 5.40. The van der Waals surface area contributed by atoms with Gasteiger partial charge in [-0.05, 0) is 50.2 Å². The first-order chi connectivity index (χ1) is 14.9. The van der Waals surface area contributed by atoms with Gasteiger partial charge in [-0.3, -0.25) is 9.36 Å². The number of aromatic nitrogens is 3. The van der Waals surface area contributed by atoms with E-state index in [-0.39, 0.29) is 22.8 Å². The van der Waals surface area contributed by atoms with Crippen molar-refractivity contribution in [3.63, 3.8) is 0 Å². The van der Waals surface area contributed by atoms with Crippen LogP contribution in [0.1, 0.15) is 13.8 Å². The lowest BCUT2D eigenvalue weighted by atomic mass is 10.2. The van der Waals surface area contributed by atoms with Crippen molar-refractivity contribution >= 4 is 29.1 Å². The number of Topliss-reactive ketones (excluding diaryl/α,β-unsaturated/α-hetero) is 1. The minimum absolute atomic E-state index is 0.00212. The van der Waals surface area contributed by atoms with Gasteiger partial charge in [0, 0.05) is 22.0 Å². The molecule has 7 nitrogen and oxygen atoms in total. The monoisotopic (exact) mass is 453 g/mol. The molecule has 3 rings (SSSR count). The number of ether oxygens (including phenoxy) is 1. The van der Waals surface area contributed by atoms with Crippen LogP contribution in [0.3, 0.4) is 0 Å². The standard InChI is InChI=1S/C22H20ClN5O2S/c1-3-30-18-9-7-17(8-10-18)28-21(15-5-4-6-16(23)11-15)26-27-22(28)31-13-20(29)19(12-24)14(2)25/h4-11H,3,13,25H2,1-2H3. The fourth-order valence-corrected chi connectivity index (χ4v) is 3.86. The first kappa shape index (κ1) is 22.4. The Bertz CT molecular complexity index is 1160. The summed E-state index contributed by atoms with van der Waals surface area (Å²) in [4.78, 5) is 12.4. The first-order valence-corrected chi connectivity index (χ1v) is 10.8. The Labute approximate surface area is 189 Å². The average Bonchev–Trinajstić information content (AvgIpc) is 3.17. The Morgan fingerprint density at radius 3 is 2.61 bits per heavy atom. The van der Waals surface area contributed by atoms with Crippen molar-refractivity contribution in [2.45, 2.75) is 19.0 Å². The van der Waals surface area contributed by atoms with E-state index in [0.29, 0.717) is 22.6 Å². The highest BCUT2D eigenvalue weighted by atomic mass is 35.5. The Hall–Kier alpha value is -3.28. The molecule has 0 radical (unpaired) electrons. The lowest BCUT2D eigenvalue weighted by Gasteiger charge is -2.11. The van der Waals surface area contributed by atoms with Crippen LogP contribution in [0, 0.1) is 11.3 Å². The molecule has 2 aromatic carbocycles. The van der Waals surface area contributed by atoms with E-state index in [1.165, 1.54) is 18.7 Å². The predicted octanol–water partition coefficient (Wildman–Crippen LogP) is 4.40. The minimum Gasteiger partial charge on any atom is -0.494 e. The quantitative estimate of drug-likeness (QED) is 0.306. The van der Waals surface area contributed by atoms with Gasteiger partial charge in [-0.2, -0.15) is 5.26 Å². The molecule has 1 aromatic heterocycles. The number of thioether (sulfide) groups is 1. The van der Waals surface area contributed by atoms with Crippen LogP contribution in [-0.2, 0) is 4.79 Å². The number of ketones is 1. The van der Waals surface area contributed by atoms with Crippen molar-refractivity contribution in [2.75, 3.05) is 12.4 Å². The molecule has 3 aromatic rings. The maximum atomic E-state index is 12.4. The summed E-state index contributed by atoms with van der Waals surface area (Å²) < 4.78 is 7.36. The normalized spacial score (nSPS) is 11.5. The Kier molecular flexibility index (Phi) is 7.34. The van der Waals surface area contributed by atoms with Gasteiger partial charge in [0.1, 0.15) is 17.4 Å². The molecular formula is C22H20ClN5O2S. The van der Waals surface area contributed by atoms with Gasteiger partial charge in [-0.25, -0.2) is 0 Å². The summed E-state index contributed by atoms with van der Waals surface area (Å²) in [6.07, 6.45) is 0. The molecule has 0 saturated heterocycles. The van der Waals surface area contributed by atoms with E-state index in [9.17, 15) is 4.79 Å². The van der Waals surface area contributed by atoms with Gasteiger partial charge in [0.05, 0.1) is 12.4 Å². The predicted molar refractivity (Wildman–Crippen MR) is 121 cm³/mol. The van der Waals surface area contributed by atoms with Crippen LogP contribution in [0.2, 0.25) is 5.02 Å². The van der Waals surface area contributed by atoms with E-state index in [2.05, 4.69) is 10.2 Å². The number of allylic oxidation sites excluding steroid dienone is 2. The Morgan fingerprint density at radius 2 is 2.00 bits per heavy atom. The minimum atomic E-state index is -0.363. The first-order valence-electron chi connectivity index (χ1n) is 9.41. The summed E-state index contributed by atoms with van der Waals surface area (Å²) in [5, 5.41) is 18.9. The third kappa shape index (κ3) is 5.26. The summed E-state index contributed by atoms with van der Waals surface area (Å²) in [6.45, 7) is 4.02. The molecule has 31 heavy (non-hydrogen) atoms. The van der Waals surface area contributed by atoms with Crippen LogP contribution in [0.4, 0.5) is 0 Å². The summed E-state index contributed by atoms with van der Waals surface area (Å²) >= 11 is 7.35. The fraction of sp³-hybridized carbons (Fsp3) is 0.182. The van der Waals surface area contributed by atoms with Gasteiger partial charge in [0.15, 0.2) is 16.8 Å². The van der Waals surface area contributed by atoms with Crippen molar-refractivity contribution < 1.29 is 9.53 Å². The topological polar surface area (TPSA) is 107 Å². The Morgan fingerprint density at radius 1 is 1.26 bits per heavy atom. The number of carbonyl (C=O) groups excluding carboxylic acids is 1. The summed E-state index contributed by atoms with van der Waals surface area (Å²) in [5.74, 6) is 0.961. The van der Waals surface area contributed by atoms with E-state index in [4.69, 9.17) is 27.3 Å². The van der Waals surface area contributed by atoms with E-state index in [1.54, 1.807) is 12.1 Å². The van der Waals surface area contributed by atoms with Crippen LogP contribution in [0.25, 0.3) is 17.1 Å². The Balaban J connectivity index is 2.01. The van der Waals surface area contributed by atoms with Gasteiger partial charge in [0.25, 0.3) is 0 Å². The summed E-state index contributed by atoms with van der Waals surface area (Å²) in [7, 11) is 0. The number of rotatable bonds is 8. The number of benzene rings is 2. The molecule has 158 valence electrons. The van der Waals surface area contributed by atoms with Crippen LogP contribution < -0.4 is 10.5 Å². The lowest BCUT2D eigenvalue weighted by Crippen LogP contribution is -2.11. The van der Waals surface area contributed by atoms with Crippen LogP contribution in [-0.4, -0.2) is 32.9 Å². The molecule has 0 spiro atoms. The molecule has 2 N–H and O–H groups in total. The molecule has 1 heterocycles. The van der Waals surface area contributed by atoms with E-state index >= 15 is 0 Å². The molecule has 0 fully saturated rings. The molecule has 0 unspecified atom stereocenters. The smallest absolute Gasteiger partial charge is 0.196 e. The number of hydrogen-bond donors (Lipinski definition) is 1. The third-order valence-electron chi connectivity index (χ3n) is 4.24. The zero-order valence-electron chi connectivity index (χ0n) is 17.0. The van der Waals surface area contributed by atoms with Gasteiger partial charge >= 0.3 is 0 Å². The van der Waals surface area contributed by atoms with Crippen LogP contribution in [0.15, 0.2) is 65.0 Å². The molecule has 9 heteroatoms. The van der Waals surface area contributed by atoms with Gasteiger partial charge in [0.2, 0.25) is 0 Å². The molecule has 0 aliphatic heterocycles. The molecule has 0 aliphatic rings. The number of hydrogen-bond acceptors (Lipinski definition) is 7. The molecule has 0 saturated carbocycles. The van der Waals surface area contributed by atoms with Crippen LogP contribution >= 0.6 is 23.4 Å². The number of carbonyl (C=O) groups is 1. The summed E-state index contributed by atoms with van der Waals surface area (Å²) in [5.41, 5.74) is 7.36. The van der Waals surface area contributed by atoms with Gasteiger partial charge in [-0.15, -0.1) is 10.2 Å². The van der Waals surface area contributed by atoms with Gasteiger partial charge in [-0.1, -0.05) is 35.5 Å². The molecule has 0 aliphatic carbocycles. The highest BCUT2D eigenvalue weighted by molar-refractivity contribution is 7.99. The SMILES string of the molecule is CCOc1ccc(-n2c(SCC(=O)C(C#N)=C(C)N)nnc2-c2cccc(Cl)c2)cc1. The fourth-order valence-electron chi connectivity index (χ4n) is 2.84. The van der Waals surface area contributed by atoms with E-state index < -0.39 is 0 Å². The van der Waals surface area contributed by atoms with Crippen LogP contribution in [0.5, 0.6) is 5.75 Å². The second-order valence-corrected chi connectivity index (χ2v) is 7.84. The second kappa shape index (κ2) is 10.2. The van der Waals surface area contributed by atoms with Gasteiger partial charge < -0.3 is 10.5 Å². The summed E-state index contributed by atoms with van der Waals surface area (Å²) in [6, 6.07) is 16.6. The maximum absolute atomic E-state index is 12.4. The molecular weight excluding hydrogens is 434 g/mol. The molecule has 0 amide bonds. The number of nitrogens with zero attached hydrogens (tertiary/aromatic N) is 4. The highest BCUT2D eigenvalue weighted by Gasteiger charge is 2.19. The van der Waals surface area contributed by atoms with Crippen molar-refractivity contribution in [3.05, 3.63) is 64.8 Å².